The van der Waals surface area contributed by atoms with Gasteiger partial charge in [-0.2, -0.15) is 18.3 Å². The minimum Gasteiger partial charge on any atom is -0.333 e. The number of carbonyl (C=O) groups is 2. The molecule has 1 N–H and O–H groups in total. The Labute approximate surface area is 146 Å². The van der Waals surface area contributed by atoms with E-state index in [4.69, 9.17) is 0 Å². The third-order valence-corrected chi connectivity index (χ3v) is 3.96. The minimum absolute atomic E-state index is 0.246. The molecule has 1 atom stereocenters. The van der Waals surface area contributed by atoms with Gasteiger partial charge in [0, 0.05) is 31.8 Å². The molecule has 2 aromatic heterocycles. The van der Waals surface area contributed by atoms with Gasteiger partial charge in [-0.1, -0.05) is 6.07 Å². The molecule has 1 aliphatic rings. The third kappa shape index (κ3) is 4.19. The number of pyridine rings is 1. The van der Waals surface area contributed by atoms with E-state index in [0.717, 1.165) is 5.56 Å². The molecule has 26 heavy (non-hydrogen) atoms. The molecule has 138 valence electrons. The van der Waals surface area contributed by atoms with Crippen LogP contribution in [0.15, 0.2) is 30.6 Å². The van der Waals surface area contributed by atoms with Crippen molar-refractivity contribution in [2.45, 2.75) is 12.6 Å². The first-order valence-corrected chi connectivity index (χ1v) is 7.83. The molecule has 0 spiro atoms. The highest BCUT2D eigenvalue weighted by atomic mass is 19.4. The van der Waals surface area contributed by atoms with Crippen LogP contribution in [0.4, 0.5) is 19.0 Å². The van der Waals surface area contributed by atoms with E-state index in [-0.39, 0.29) is 18.8 Å². The molecule has 1 saturated heterocycles. The van der Waals surface area contributed by atoms with Gasteiger partial charge >= 0.3 is 6.18 Å². The van der Waals surface area contributed by atoms with Crippen molar-refractivity contribution >= 4 is 17.6 Å². The molecule has 2 amide bonds. The summed E-state index contributed by atoms with van der Waals surface area (Å²) in [6, 6.07) is 5.01. The number of nitrogens with zero attached hydrogens (tertiary/aromatic N) is 4. The van der Waals surface area contributed by atoms with Crippen LogP contribution in [0.5, 0.6) is 0 Å². The summed E-state index contributed by atoms with van der Waals surface area (Å²) in [6.45, 7) is -1.60. The Morgan fingerprint density at radius 2 is 2.15 bits per heavy atom. The van der Waals surface area contributed by atoms with E-state index in [9.17, 15) is 22.8 Å². The number of aromatic nitrogens is 3. The SMILES string of the molecule is Cn1cc(-c2cccc(NC(=O)[C@H]3CC(=O)N(CC(F)(F)F)C3)n2)cn1. The molecule has 1 aliphatic heterocycles. The predicted octanol–water partition coefficient (Wildman–Crippen LogP) is 1.83. The Hall–Kier alpha value is -2.91. The van der Waals surface area contributed by atoms with Crippen LogP contribution in [0, 0.1) is 5.92 Å². The van der Waals surface area contributed by atoms with Gasteiger partial charge in [-0.15, -0.1) is 0 Å². The summed E-state index contributed by atoms with van der Waals surface area (Å²) in [6.07, 6.45) is -1.35. The van der Waals surface area contributed by atoms with E-state index >= 15 is 0 Å². The van der Waals surface area contributed by atoms with Crippen LogP contribution in [0.3, 0.4) is 0 Å². The lowest BCUT2D eigenvalue weighted by Crippen LogP contribution is -2.36. The van der Waals surface area contributed by atoms with Crippen molar-refractivity contribution < 1.29 is 22.8 Å². The number of aryl methyl sites for hydroxylation is 1. The highest BCUT2D eigenvalue weighted by Crippen LogP contribution is 2.25. The number of hydrogen-bond donors (Lipinski definition) is 1. The average Bonchev–Trinajstić information content (AvgIpc) is 3.13. The molecular formula is C16H16F3N5O2. The second kappa shape index (κ2) is 6.77. The minimum atomic E-state index is -4.49. The number of likely N-dealkylation sites (tertiary alicyclic amines) is 1. The van der Waals surface area contributed by atoms with E-state index in [0.29, 0.717) is 10.6 Å². The maximum Gasteiger partial charge on any atom is 0.406 e. The number of hydrogen-bond acceptors (Lipinski definition) is 4. The fourth-order valence-electron chi connectivity index (χ4n) is 2.76. The van der Waals surface area contributed by atoms with Crippen LogP contribution >= 0.6 is 0 Å². The number of amides is 2. The largest absolute Gasteiger partial charge is 0.406 e. The van der Waals surface area contributed by atoms with Gasteiger partial charge in [0.05, 0.1) is 17.8 Å². The van der Waals surface area contributed by atoms with E-state index in [1.54, 1.807) is 42.3 Å². The number of nitrogens with one attached hydrogen (secondary N) is 1. The van der Waals surface area contributed by atoms with E-state index in [1.807, 2.05) is 0 Å². The zero-order valence-electron chi connectivity index (χ0n) is 13.8. The number of carbonyl (C=O) groups excluding carboxylic acids is 2. The molecule has 7 nitrogen and oxygen atoms in total. The Morgan fingerprint density at radius 3 is 2.81 bits per heavy atom. The average molecular weight is 367 g/mol. The molecule has 0 aliphatic carbocycles. The smallest absolute Gasteiger partial charge is 0.333 e. The van der Waals surface area contributed by atoms with Gasteiger partial charge in [0.25, 0.3) is 0 Å². The van der Waals surface area contributed by atoms with Gasteiger partial charge in [-0.05, 0) is 12.1 Å². The standard InChI is InChI=1S/C16H16F3N5O2/c1-23-7-11(6-20-23)12-3-2-4-13(21-12)22-15(26)10-5-14(25)24(8-10)9-16(17,18)19/h2-4,6-7,10H,5,8-9H2,1H3,(H,21,22,26)/t10-/m0/s1. The second-order valence-electron chi connectivity index (χ2n) is 6.09. The van der Waals surface area contributed by atoms with Gasteiger partial charge in [-0.25, -0.2) is 4.98 Å². The van der Waals surface area contributed by atoms with E-state index in [1.165, 1.54) is 0 Å². The van der Waals surface area contributed by atoms with Gasteiger partial charge in [0.2, 0.25) is 11.8 Å². The van der Waals surface area contributed by atoms with Crippen LogP contribution in [0.1, 0.15) is 6.42 Å². The first-order chi connectivity index (χ1) is 12.2. The zero-order chi connectivity index (χ0) is 18.9. The van der Waals surface area contributed by atoms with Crippen LogP contribution in [0.25, 0.3) is 11.3 Å². The second-order valence-corrected chi connectivity index (χ2v) is 6.09. The first-order valence-electron chi connectivity index (χ1n) is 7.83. The molecule has 10 heteroatoms. The summed E-state index contributed by atoms with van der Waals surface area (Å²) in [7, 11) is 1.76. The fourth-order valence-corrected chi connectivity index (χ4v) is 2.76. The van der Waals surface area contributed by atoms with E-state index in [2.05, 4.69) is 15.4 Å². The van der Waals surface area contributed by atoms with Gasteiger partial charge in [0.15, 0.2) is 0 Å². The maximum absolute atomic E-state index is 12.5. The lowest BCUT2D eigenvalue weighted by Gasteiger charge is -2.18. The van der Waals surface area contributed by atoms with Crippen molar-refractivity contribution in [3.8, 4) is 11.3 Å². The molecule has 0 unspecified atom stereocenters. The Morgan fingerprint density at radius 1 is 1.38 bits per heavy atom. The lowest BCUT2D eigenvalue weighted by atomic mass is 10.1. The third-order valence-electron chi connectivity index (χ3n) is 3.96. The van der Waals surface area contributed by atoms with Crippen molar-refractivity contribution in [1.29, 1.82) is 0 Å². The fraction of sp³-hybridized carbons (Fsp3) is 0.375. The molecular weight excluding hydrogens is 351 g/mol. The van der Waals surface area contributed by atoms with Crippen LogP contribution in [-0.2, 0) is 16.6 Å². The zero-order valence-corrected chi connectivity index (χ0v) is 13.8. The van der Waals surface area contributed by atoms with Crippen molar-refractivity contribution in [3.63, 3.8) is 0 Å². The van der Waals surface area contributed by atoms with Crippen molar-refractivity contribution in [1.82, 2.24) is 19.7 Å². The normalized spacial score (nSPS) is 17.6. The summed E-state index contributed by atoms with van der Waals surface area (Å²) in [5.74, 6) is -1.79. The summed E-state index contributed by atoms with van der Waals surface area (Å²) in [5.41, 5.74) is 1.35. The summed E-state index contributed by atoms with van der Waals surface area (Å²) in [5, 5.41) is 6.61. The van der Waals surface area contributed by atoms with Gasteiger partial charge in [0.1, 0.15) is 12.4 Å². The number of alkyl halides is 3. The van der Waals surface area contributed by atoms with Crippen LogP contribution in [-0.4, -0.2) is 50.7 Å². The highest BCUT2D eigenvalue weighted by molar-refractivity contribution is 5.96. The first kappa shape index (κ1) is 17.9. The molecule has 3 rings (SSSR count). The predicted molar refractivity (Wildman–Crippen MR) is 85.8 cm³/mol. The van der Waals surface area contributed by atoms with Gasteiger partial charge < -0.3 is 10.2 Å². The summed E-state index contributed by atoms with van der Waals surface area (Å²) in [4.78, 5) is 28.9. The summed E-state index contributed by atoms with van der Waals surface area (Å²) >= 11 is 0. The van der Waals surface area contributed by atoms with Crippen LogP contribution in [0.2, 0.25) is 0 Å². The van der Waals surface area contributed by atoms with Crippen LogP contribution < -0.4 is 5.32 Å². The topological polar surface area (TPSA) is 80.1 Å². The number of rotatable bonds is 4. The Kier molecular flexibility index (Phi) is 4.66. The molecule has 1 fully saturated rings. The number of anilines is 1. The van der Waals surface area contributed by atoms with Gasteiger partial charge in [-0.3, -0.25) is 14.3 Å². The van der Waals surface area contributed by atoms with Crippen molar-refractivity contribution in [2.75, 3.05) is 18.4 Å². The quantitative estimate of drug-likeness (QED) is 0.894. The van der Waals surface area contributed by atoms with E-state index < -0.39 is 30.5 Å². The monoisotopic (exact) mass is 367 g/mol. The number of halogens is 3. The Bertz CT molecular complexity index is 833. The molecule has 0 saturated carbocycles. The van der Waals surface area contributed by atoms with Crippen molar-refractivity contribution in [3.05, 3.63) is 30.6 Å². The Balaban J connectivity index is 1.66. The summed E-state index contributed by atoms with van der Waals surface area (Å²) < 4.78 is 39.0. The molecule has 0 bridgehead atoms. The highest BCUT2D eigenvalue weighted by Gasteiger charge is 2.40. The molecule has 3 heterocycles. The molecule has 2 aromatic rings. The molecule has 0 aromatic carbocycles. The molecule has 0 radical (unpaired) electrons. The maximum atomic E-state index is 12.5. The lowest BCUT2D eigenvalue weighted by molar-refractivity contribution is -0.157. The van der Waals surface area contributed by atoms with Crippen molar-refractivity contribution in [2.24, 2.45) is 13.0 Å².